The van der Waals surface area contributed by atoms with Gasteiger partial charge in [0.15, 0.2) is 0 Å². The first-order chi connectivity index (χ1) is 13.9. The van der Waals surface area contributed by atoms with Gasteiger partial charge in [-0.15, -0.1) is 0 Å². The largest absolute Gasteiger partial charge is 0.348 e. The van der Waals surface area contributed by atoms with Crippen LogP contribution in [0.4, 0.5) is 9.18 Å². The molecule has 156 valence electrons. The van der Waals surface area contributed by atoms with E-state index in [1.807, 2.05) is 39.1 Å². The Morgan fingerprint density at radius 1 is 1.21 bits per heavy atom. The first kappa shape index (κ1) is 20.9. The normalized spacial score (nSPS) is 15.9. The molecule has 3 amide bonds. The number of aromatic nitrogens is 1. The van der Waals surface area contributed by atoms with Crippen molar-refractivity contribution in [2.75, 3.05) is 19.6 Å². The Labute approximate surface area is 171 Å². The number of benzene rings is 1. The van der Waals surface area contributed by atoms with Crippen LogP contribution in [0.25, 0.3) is 0 Å². The average molecular weight is 400 g/mol. The van der Waals surface area contributed by atoms with Crippen LogP contribution in [0.3, 0.4) is 0 Å². The van der Waals surface area contributed by atoms with Crippen LogP contribution in [0.2, 0.25) is 0 Å². The molecule has 1 aromatic carbocycles. The van der Waals surface area contributed by atoms with Crippen molar-refractivity contribution < 1.29 is 14.0 Å². The number of rotatable bonds is 6. The van der Waals surface area contributed by atoms with E-state index in [0.717, 1.165) is 12.1 Å². The van der Waals surface area contributed by atoms with E-state index in [4.69, 9.17) is 0 Å². The maximum absolute atomic E-state index is 14.6. The van der Waals surface area contributed by atoms with Gasteiger partial charge in [-0.05, 0) is 38.5 Å². The highest BCUT2D eigenvalue weighted by atomic mass is 19.1. The number of hydrogen-bond donors (Lipinski definition) is 1. The standard InChI is InChI=1S/C22H29FN4O2/c1-4-11-24-22(29)27(16(2)3)15-20(28)26-14-13-25-12-7-10-19(25)21(26)17-8-5-6-9-18(17)23/h5-10,12,16,21H,4,11,13-15H2,1-3H3,(H,24,29)/t21-/m1/s1. The third-order valence-corrected chi connectivity index (χ3v) is 5.27. The Morgan fingerprint density at radius 3 is 2.66 bits per heavy atom. The molecule has 0 fully saturated rings. The monoisotopic (exact) mass is 400 g/mol. The summed E-state index contributed by atoms with van der Waals surface area (Å²) in [4.78, 5) is 29.0. The van der Waals surface area contributed by atoms with Crippen molar-refractivity contribution in [3.8, 4) is 0 Å². The molecule has 2 heterocycles. The van der Waals surface area contributed by atoms with Gasteiger partial charge in [0, 0.05) is 43.1 Å². The summed E-state index contributed by atoms with van der Waals surface area (Å²) in [6.07, 6.45) is 2.77. The highest BCUT2D eigenvalue weighted by Crippen LogP contribution is 2.33. The zero-order valence-electron chi connectivity index (χ0n) is 17.3. The van der Waals surface area contributed by atoms with Crippen molar-refractivity contribution in [3.63, 3.8) is 0 Å². The van der Waals surface area contributed by atoms with Crippen molar-refractivity contribution in [1.29, 1.82) is 0 Å². The van der Waals surface area contributed by atoms with Gasteiger partial charge in [0.25, 0.3) is 0 Å². The molecular weight excluding hydrogens is 371 g/mol. The number of nitrogens with one attached hydrogen (secondary N) is 1. The smallest absolute Gasteiger partial charge is 0.318 e. The lowest BCUT2D eigenvalue weighted by molar-refractivity contribution is -0.134. The fraction of sp³-hybridized carbons (Fsp3) is 0.455. The summed E-state index contributed by atoms with van der Waals surface area (Å²) in [7, 11) is 0. The molecule has 1 aliphatic rings. The van der Waals surface area contributed by atoms with E-state index in [0.29, 0.717) is 25.2 Å². The van der Waals surface area contributed by atoms with Crippen LogP contribution >= 0.6 is 0 Å². The highest BCUT2D eigenvalue weighted by molar-refractivity contribution is 5.85. The number of hydrogen-bond acceptors (Lipinski definition) is 2. The molecule has 1 N–H and O–H groups in total. The van der Waals surface area contributed by atoms with Gasteiger partial charge in [0.05, 0.1) is 0 Å². The lowest BCUT2D eigenvalue weighted by atomic mass is 9.99. The van der Waals surface area contributed by atoms with E-state index in [9.17, 15) is 14.0 Å². The number of amides is 3. The molecule has 6 nitrogen and oxygen atoms in total. The summed E-state index contributed by atoms with van der Waals surface area (Å²) in [6, 6.07) is 9.50. The Bertz CT molecular complexity index is 864. The van der Waals surface area contributed by atoms with Gasteiger partial charge in [-0.25, -0.2) is 9.18 Å². The number of nitrogens with zero attached hydrogens (tertiary/aromatic N) is 3. The number of fused-ring (bicyclic) bond motifs is 1. The van der Waals surface area contributed by atoms with E-state index < -0.39 is 6.04 Å². The van der Waals surface area contributed by atoms with Gasteiger partial charge >= 0.3 is 6.03 Å². The Hall–Kier alpha value is -2.83. The molecule has 1 atom stereocenters. The maximum Gasteiger partial charge on any atom is 0.318 e. The molecule has 0 radical (unpaired) electrons. The maximum atomic E-state index is 14.6. The summed E-state index contributed by atoms with van der Waals surface area (Å²) in [5.41, 5.74) is 1.34. The SMILES string of the molecule is CCCNC(=O)N(CC(=O)N1CCn2cccc2[C@H]1c1ccccc1F)C(C)C. The molecule has 3 rings (SSSR count). The molecule has 0 bridgehead atoms. The van der Waals surface area contributed by atoms with Crippen molar-refractivity contribution in [3.05, 3.63) is 59.7 Å². The fourth-order valence-electron chi connectivity index (χ4n) is 3.74. The first-order valence-corrected chi connectivity index (χ1v) is 10.2. The van der Waals surface area contributed by atoms with Crippen molar-refractivity contribution >= 4 is 11.9 Å². The van der Waals surface area contributed by atoms with Crippen LogP contribution in [-0.2, 0) is 11.3 Å². The highest BCUT2D eigenvalue weighted by Gasteiger charge is 2.35. The van der Waals surface area contributed by atoms with Crippen LogP contribution in [0.1, 0.15) is 44.5 Å². The van der Waals surface area contributed by atoms with Crippen molar-refractivity contribution in [2.24, 2.45) is 0 Å². The zero-order valence-corrected chi connectivity index (χ0v) is 17.3. The summed E-state index contributed by atoms with van der Waals surface area (Å²) >= 11 is 0. The lowest BCUT2D eigenvalue weighted by Gasteiger charge is -2.39. The van der Waals surface area contributed by atoms with Gasteiger partial charge in [-0.3, -0.25) is 4.79 Å². The topological polar surface area (TPSA) is 57.6 Å². The second-order valence-corrected chi connectivity index (χ2v) is 7.59. The minimum Gasteiger partial charge on any atom is -0.348 e. The molecule has 7 heteroatoms. The Balaban J connectivity index is 1.88. The van der Waals surface area contributed by atoms with Gasteiger partial charge in [0.2, 0.25) is 5.91 Å². The fourth-order valence-corrected chi connectivity index (χ4v) is 3.74. The zero-order chi connectivity index (χ0) is 21.0. The van der Waals surface area contributed by atoms with E-state index in [2.05, 4.69) is 9.88 Å². The molecule has 0 saturated heterocycles. The number of carbonyl (C=O) groups excluding carboxylic acids is 2. The minimum absolute atomic E-state index is 0.0428. The summed E-state index contributed by atoms with van der Waals surface area (Å²) in [5.74, 6) is -0.530. The molecule has 1 aliphatic heterocycles. The van der Waals surface area contributed by atoms with Crippen LogP contribution in [0.5, 0.6) is 0 Å². The summed E-state index contributed by atoms with van der Waals surface area (Å²) in [5, 5.41) is 2.84. The van der Waals surface area contributed by atoms with E-state index in [1.54, 1.807) is 23.1 Å². The average Bonchev–Trinajstić information content (AvgIpc) is 3.18. The predicted octanol–water partition coefficient (Wildman–Crippen LogP) is 3.39. The Kier molecular flexibility index (Phi) is 6.56. The van der Waals surface area contributed by atoms with Gasteiger partial charge in [-0.1, -0.05) is 25.1 Å². The van der Waals surface area contributed by atoms with Crippen LogP contribution in [0.15, 0.2) is 42.6 Å². The van der Waals surface area contributed by atoms with Crippen LogP contribution in [0, 0.1) is 5.82 Å². The molecule has 1 aromatic heterocycles. The van der Waals surface area contributed by atoms with E-state index in [1.165, 1.54) is 11.0 Å². The third-order valence-electron chi connectivity index (χ3n) is 5.27. The number of urea groups is 1. The van der Waals surface area contributed by atoms with Crippen LogP contribution in [-0.4, -0.2) is 52.0 Å². The van der Waals surface area contributed by atoms with Gasteiger partial charge < -0.3 is 19.7 Å². The minimum atomic E-state index is -0.514. The second-order valence-electron chi connectivity index (χ2n) is 7.59. The third kappa shape index (κ3) is 4.44. The van der Waals surface area contributed by atoms with Gasteiger partial charge in [0.1, 0.15) is 18.4 Å². The summed E-state index contributed by atoms with van der Waals surface area (Å²) < 4.78 is 16.7. The quantitative estimate of drug-likeness (QED) is 0.808. The second kappa shape index (κ2) is 9.11. The molecule has 0 spiro atoms. The van der Waals surface area contributed by atoms with Crippen molar-refractivity contribution in [1.82, 2.24) is 19.7 Å². The molecular formula is C22H29FN4O2. The van der Waals surface area contributed by atoms with Crippen molar-refractivity contribution in [2.45, 2.75) is 45.8 Å². The van der Waals surface area contributed by atoms with Gasteiger partial charge in [-0.2, -0.15) is 0 Å². The molecule has 0 unspecified atom stereocenters. The first-order valence-electron chi connectivity index (χ1n) is 10.2. The predicted molar refractivity (Wildman–Crippen MR) is 110 cm³/mol. The van der Waals surface area contributed by atoms with Crippen LogP contribution < -0.4 is 5.32 Å². The Morgan fingerprint density at radius 2 is 1.97 bits per heavy atom. The van der Waals surface area contributed by atoms with E-state index >= 15 is 0 Å². The number of halogens is 1. The lowest BCUT2D eigenvalue weighted by Crippen LogP contribution is -2.52. The molecule has 2 aromatic rings. The molecule has 0 aliphatic carbocycles. The van der Waals surface area contributed by atoms with E-state index in [-0.39, 0.29) is 30.3 Å². The molecule has 29 heavy (non-hydrogen) atoms. The number of carbonyl (C=O) groups is 2. The summed E-state index contributed by atoms with van der Waals surface area (Å²) in [6.45, 7) is 7.37. The molecule has 0 saturated carbocycles.